The van der Waals surface area contributed by atoms with Crippen LogP contribution in [0, 0.1) is 5.82 Å². The van der Waals surface area contributed by atoms with Gasteiger partial charge in [0, 0.05) is 11.4 Å². The van der Waals surface area contributed by atoms with Crippen molar-refractivity contribution in [3.8, 4) is 5.75 Å². The second kappa shape index (κ2) is 6.45. The summed E-state index contributed by atoms with van der Waals surface area (Å²) < 4.78 is 19.0. The number of ether oxygens (including phenoxy) is 1. The standard InChI is InChI=1S/C15H14ClFN2O2/c1-2-21-14-6-4-10(8-12(14)16)19-15(20)11-5-3-9(18)7-13(11)17/h3-8H,2,18H2,1H3,(H,19,20). The molecule has 21 heavy (non-hydrogen) atoms. The smallest absolute Gasteiger partial charge is 0.258 e. The van der Waals surface area contributed by atoms with Crippen molar-refractivity contribution in [2.75, 3.05) is 17.7 Å². The number of benzene rings is 2. The van der Waals surface area contributed by atoms with E-state index in [1.165, 1.54) is 12.1 Å². The maximum atomic E-state index is 13.7. The average Bonchev–Trinajstić information content (AvgIpc) is 2.41. The molecule has 6 heteroatoms. The summed E-state index contributed by atoms with van der Waals surface area (Å²) in [6, 6.07) is 8.70. The van der Waals surface area contributed by atoms with Gasteiger partial charge in [-0.3, -0.25) is 4.79 Å². The monoisotopic (exact) mass is 308 g/mol. The van der Waals surface area contributed by atoms with Crippen LogP contribution in [0.25, 0.3) is 0 Å². The van der Waals surface area contributed by atoms with E-state index in [2.05, 4.69) is 5.32 Å². The third-order valence-corrected chi connectivity index (χ3v) is 3.02. The van der Waals surface area contributed by atoms with Gasteiger partial charge in [-0.2, -0.15) is 0 Å². The molecule has 0 radical (unpaired) electrons. The Labute approximate surface area is 126 Å². The van der Waals surface area contributed by atoms with E-state index in [1.807, 2.05) is 6.92 Å². The molecule has 0 aliphatic rings. The fourth-order valence-electron chi connectivity index (χ4n) is 1.77. The van der Waals surface area contributed by atoms with Crippen molar-refractivity contribution in [2.24, 2.45) is 0 Å². The van der Waals surface area contributed by atoms with Gasteiger partial charge in [-0.05, 0) is 43.3 Å². The number of nitrogens with two attached hydrogens (primary N) is 1. The lowest BCUT2D eigenvalue weighted by Crippen LogP contribution is -2.14. The molecule has 1 amide bonds. The van der Waals surface area contributed by atoms with E-state index in [1.54, 1.807) is 18.2 Å². The second-order valence-electron chi connectivity index (χ2n) is 4.27. The maximum Gasteiger partial charge on any atom is 0.258 e. The zero-order valence-electron chi connectivity index (χ0n) is 11.3. The summed E-state index contributed by atoms with van der Waals surface area (Å²) in [6.45, 7) is 2.33. The Morgan fingerprint density at radius 2 is 2.10 bits per heavy atom. The van der Waals surface area contributed by atoms with Gasteiger partial charge < -0.3 is 15.8 Å². The molecule has 4 nitrogen and oxygen atoms in total. The Morgan fingerprint density at radius 1 is 1.33 bits per heavy atom. The van der Waals surface area contributed by atoms with Crippen molar-refractivity contribution < 1.29 is 13.9 Å². The number of halogens is 2. The summed E-state index contributed by atoms with van der Waals surface area (Å²) in [6.07, 6.45) is 0. The van der Waals surface area contributed by atoms with Gasteiger partial charge in [-0.15, -0.1) is 0 Å². The Kier molecular flexibility index (Phi) is 4.65. The number of anilines is 2. The summed E-state index contributed by atoms with van der Waals surface area (Å²) in [5, 5.41) is 2.94. The lowest BCUT2D eigenvalue weighted by atomic mass is 10.1. The van der Waals surface area contributed by atoms with Gasteiger partial charge in [0.2, 0.25) is 0 Å². The summed E-state index contributed by atoms with van der Waals surface area (Å²) in [4.78, 5) is 12.0. The van der Waals surface area contributed by atoms with E-state index in [0.717, 1.165) is 6.07 Å². The van der Waals surface area contributed by atoms with Crippen LogP contribution in [0.2, 0.25) is 5.02 Å². The van der Waals surface area contributed by atoms with Crippen LogP contribution in [0.15, 0.2) is 36.4 Å². The molecule has 0 heterocycles. The highest BCUT2D eigenvalue weighted by atomic mass is 35.5. The number of hydrogen-bond donors (Lipinski definition) is 2. The molecule has 0 spiro atoms. The van der Waals surface area contributed by atoms with E-state index in [9.17, 15) is 9.18 Å². The van der Waals surface area contributed by atoms with Crippen LogP contribution in [0.3, 0.4) is 0 Å². The van der Waals surface area contributed by atoms with Crippen molar-refractivity contribution >= 4 is 28.9 Å². The van der Waals surface area contributed by atoms with Crippen LogP contribution in [-0.2, 0) is 0 Å². The molecule has 110 valence electrons. The van der Waals surface area contributed by atoms with Crippen molar-refractivity contribution in [3.05, 3.63) is 52.8 Å². The summed E-state index contributed by atoms with van der Waals surface area (Å²) >= 11 is 6.02. The normalized spacial score (nSPS) is 10.2. The number of carbonyl (C=O) groups excluding carboxylic acids is 1. The fraction of sp³-hybridized carbons (Fsp3) is 0.133. The fourth-order valence-corrected chi connectivity index (χ4v) is 2.00. The molecule has 2 rings (SSSR count). The Morgan fingerprint density at radius 3 is 2.71 bits per heavy atom. The highest BCUT2D eigenvalue weighted by Gasteiger charge is 2.13. The average molecular weight is 309 g/mol. The third kappa shape index (κ3) is 3.64. The van der Waals surface area contributed by atoms with Gasteiger partial charge in [-0.25, -0.2) is 4.39 Å². The molecule has 0 saturated heterocycles. The van der Waals surface area contributed by atoms with E-state index in [4.69, 9.17) is 22.1 Å². The Hall–Kier alpha value is -2.27. The number of rotatable bonds is 4. The van der Waals surface area contributed by atoms with E-state index < -0.39 is 11.7 Å². The van der Waals surface area contributed by atoms with Crippen LogP contribution in [0.4, 0.5) is 15.8 Å². The van der Waals surface area contributed by atoms with Crippen molar-refractivity contribution in [1.29, 1.82) is 0 Å². The zero-order valence-corrected chi connectivity index (χ0v) is 12.1. The van der Waals surface area contributed by atoms with Crippen LogP contribution in [0.5, 0.6) is 5.75 Å². The molecule has 0 aliphatic carbocycles. The number of nitrogen functional groups attached to an aromatic ring is 1. The quantitative estimate of drug-likeness (QED) is 0.846. The minimum atomic E-state index is -0.676. The summed E-state index contributed by atoms with van der Waals surface area (Å²) in [5.74, 6) is -0.729. The molecule has 0 atom stereocenters. The molecule has 0 saturated carbocycles. The van der Waals surface area contributed by atoms with Gasteiger partial charge in [0.25, 0.3) is 5.91 Å². The lowest BCUT2D eigenvalue weighted by Gasteiger charge is -2.09. The predicted molar refractivity (Wildman–Crippen MR) is 81.4 cm³/mol. The number of carbonyl (C=O) groups is 1. The highest BCUT2D eigenvalue weighted by molar-refractivity contribution is 6.32. The first-order chi connectivity index (χ1) is 10.0. The van der Waals surface area contributed by atoms with Crippen molar-refractivity contribution in [3.63, 3.8) is 0 Å². The Bertz CT molecular complexity index is 677. The van der Waals surface area contributed by atoms with Crippen molar-refractivity contribution in [1.82, 2.24) is 0 Å². The molecule has 0 bridgehead atoms. The van der Waals surface area contributed by atoms with Gasteiger partial charge in [0.1, 0.15) is 11.6 Å². The highest BCUT2D eigenvalue weighted by Crippen LogP contribution is 2.28. The first-order valence-electron chi connectivity index (χ1n) is 6.30. The largest absolute Gasteiger partial charge is 0.492 e. The molecular weight excluding hydrogens is 295 g/mol. The molecular formula is C15H14ClFN2O2. The maximum absolute atomic E-state index is 13.7. The molecule has 0 aliphatic heterocycles. The summed E-state index contributed by atoms with van der Waals surface area (Å²) in [5.41, 5.74) is 6.06. The first kappa shape index (κ1) is 15.1. The number of hydrogen-bond acceptors (Lipinski definition) is 3. The predicted octanol–water partition coefficient (Wildman–Crippen LogP) is 3.71. The molecule has 0 unspecified atom stereocenters. The van der Waals surface area contributed by atoms with E-state index in [0.29, 0.717) is 23.1 Å². The number of amides is 1. The molecule has 2 aromatic rings. The van der Waals surface area contributed by atoms with Gasteiger partial charge >= 0.3 is 0 Å². The lowest BCUT2D eigenvalue weighted by molar-refractivity contribution is 0.102. The van der Waals surface area contributed by atoms with Gasteiger partial charge in [-0.1, -0.05) is 11.6 Å². The van der Waals surface area contributed by atoms with E-state index >= 15 is 0 Å². The summed E-state index contributed by atoms with van der Waals surface area (Å²) in [7, 11) is 0. The topological polar surface area (TPSA) is 64.3 Å². The minimum Gasteiger partial charge on any atom is -0.492 e. The van der Waals surface area contributed by atoms with Crippen LogP contribution >= 0.6 is 11.6 Å². The number of nitrogens with one attached hydrogen (secondary N) is 1. The molecule has 0 aromatic heterocycles. The SMILES string of the molecule is CCOc1ccc(NC(=O)c2ccc(N)cc2F)cc1Cl. The Balaban J connectivity index is 2.17. The van der Waals surface area contributed by atoms with E-state index in [-0.39, 0.29) is 11.3 Å². The van der Waals surface area contributed by atoms with Crippen LogP contribution in [-0.4, -0.2) is 12.5 Å². The molecule has 0 fully saturated rings. The second-order valence-corrected chi connectivity index (χ2v) is 4.68. The van der Waals surface area contributed by atoms with Gasteiger partial charge in [0.15, 0.2) is 0 Å². The third-order valence-electron chi connectivity index (χ3n) is 2.73. The van der Waals surface area contributed by atoms with Gasteiger partial charge in [0.05, 0.1) is 17.2 Å². The zero-order chi connectivity index (χ0) is 15.4. The van der Waals surface area contributed by atoms with Crippen LogP contribution < -0.4 is 15.8 Å². The first-order valence-corrected chi connectivity index (χ1v) is 6.67. The molecule has 3 N–H and O–H groups in total. The van der Waals surface area contributed by atoms with Crippen LogP contribution in [0.1, 0.15) is 17.3 Å². The van der Waals surface area contributed by atoms with Crippen molar-refractivity contribution in [2.45, 2.75) is 6.92 Å². The minimum absolute atomic E-state index is 0.0887. The molecule has 2 aromatic carbocycles.